The number of piperidine rings is 2. The standard InChI is InChI=1S/C46H55N9O3/c1-31-25-34(11-12-36(31)44-29-54(27-32(2)58-44)42-26-39(49-50-45(42)47)37-7-3-4-10-43(37)56)46(57)52-22-13-33(14-23-52)28-51-20-15-35(16-21-51)55-24-17-38-40(8-5-9-41(38)55)53-19-6-18-48-30-53/h3-12,17,19,24-26,32-33,35,44,48,56H,13-16,18,20-23,27-30H2,1-2H3,(H2,47,50)/t32-,44-/m1/s1. The van der Waals surface area contributed by atoms with Crippen molar-refractivity contribution in [1.82, 2.24) is 29.9 Å². The van der Waals surface area contributed by atoms with Crippen LogP contribution in [0.2, 0.25) is 0 Å². The lowest BCUT2D eigenvalue weighted by molar-refractivity contribution is -0.0176. The van der Waals surface area contributed by atoms with Crippen LogP contribution in [-0.4, -0.2) is 101 Å². The van der Waals surface area contributed by atoms with Gasteiger partial charge in [-0.05, 0) is 105 Å². The van der Waals surface area contributed by atoms with E-state index in [9.17, 15) is 9.90 Å². The zero-order valence-corrected chi connectivity index (χ0v) is 33.6. The van der Waals surface area contributed by atoms with Gasteiger partial charge in [0, 0.05) is 87.3 Å². The highest BCUT2D eigenvalue weighted by atomic mass is 16.5. The zero-order valence-electron chi connectivity index (χ0n) is 33.6. The maximum Gasteiger partial charge on any atom is 0.253 e. The number of phenols is 1. The van der Waals surface area contributed by atoms with Gasteiger partial charge in [-0.15, -0.1) is 10.2 Å². The van der Waals surface area contributed by atoms with Crippen LogP contribution < -0.4 is 20.9 Å². The van der Waals surface area contributed by atoms with Gasteiger partial charge in [-0.25, -0.2) is 0 Å². The molecule has 3 aromatic carbocycles. The zero-order chi connectivity index (χ0) is 39.8. The number of morpholine rings is 1. The minimum atomic E-state index is -0.217. The molecule has 6 heterocycles. The van der Waals surface area contributed by atoms with Gasteiger partial charge in [-0.2, -0.15) is 0 Å². The predicted molar refractivity (Wildman–Crippen MR) is 230 cm³/mol. The molecule has 4 aliphatic rings. The topological polar surface area (TPSA) is 128 Å². The van der Waals surface area contributed by atoms with Gasteiger partial charge >= 0.3 is 0 Å². The fourth-order valence-electron chi connectivity index (χ4n) is 9.61. The fraction of sp³-hybridized carbons (Fsp3) is 0.413. The third-order valence-electron chi connectivity index (χ3n) is 12.7. The van der Waals surface area contributed by atoms with Gasteiger partial charge in [0.2, 0.25) is 0 Å². The van der Waals surface area contributed by atoms with E-state index in [4.69, 9.17) is 10.5 Å². The molecule has 3 saturated heterocycles. The summed E-state index contributed by atoms with van der Waals surface area (Å²) in [7, 11) is 0. The van der Waals surface area contributed by atoms with E-state index in [1.165, 1.54) is 16.6 Å². The number of nitrogens with one attached hydrogen (secondary N) is 1. The van der Waals surface area contributed by atoms with E-state index < -0.39 is 0 Å². The number of rotatable bonds is 8. The van der Waals surface area contributed by atoms with Gasteiger partial charge in [-0.1, -0.05) is 30.3 Å². The first-order valence-electron chi connectivity index (χ1n) is 21.0. The van der Waals surface area contributed by atoms with Crippen LogP contribution in [0.15, 0.2) is 91.3 Å². The molecule has 0 spiro atoms. The van der Waals surface area contributed by atoms with Crippen molar-refractivity contribution < 1.29 is 14.6 Å². The number of carbonyl (C=O) groups is 1. The molecule has 5 aromatic rings. The van der Waals surface area contributed by atoms with Crippen molar-refractivity contribution in [2.75, 3.05) is 74.6 Å². The minimum absolute atomic E-state index is 0.0677. The van der Waals surface area contributed by atoms with E-state index in [2.05, 4.69) is 97.4 Å². The van der Waals surface area contributed by atoms with Crippen LogP contribution in [0.4, 0.5) is 17.2 Å². The Morgan fingerprint density at radius 1 is 0.931 bits per heavy atom. The molecule has 4 N–H and O–H groups in total. The summed E-state index contributed by atoms with van der Waals surface area (Å²) in [5.41, 5.74) is 13.7. The number of aryl methyl sites for hydroxylation is 1. The third kappa shape index (κ3) is 7.76. The summed E-state index contributed by atoms with van der Waals surface area (Å²) in [5, 5.41) is 23.7. The number of anilines is 3. The van der Waals surface area contributed by atoms with Crippen molar-refractivity contribution in [3.63, 3.8) is 0 Å². The molecule has 0 bridgehead atoms. The first-order chi connectivity index (χ1) is 28.3. The normalized spacial score (nSPS) is 21.2. The molecule has 3 fully saturated rings. The van der Waals surface area contributed by atoms with Gasteiger partial charge in [0.05, 0.1) is 35.4 Å². The van der Waals surface area contributed by atoms with E-state index in [-0.39, 0.29) is 23.9 Å². The Labute approximate surface area is 340 Å². The average Bonchev–Trinajstić information content (AvgIpc) is 3.69. The molecule has 0 saturated carbocycles. The molecule has 12 nitrogen and oxygen atoms in total. The second-order valence-corrected chi connectivity index (χ2v) is 16.6. The maximum absolute atomic E-state index is 13.8. The van der Waals surface area contributed by atoms with Gasteiger partial charge in [-0.3, -0.25) is 10.1 Å². The summed E-state index contributed by atoms with van der Waals surface area (Å²) in [4.78, 5) is 23.0. The molecule has 2 atom stereocenters. The van der Waals surface area contributed by atoms with Crippen molar-refractivity contribution in [3.05, 3.63) is 108 Å². The number of aromatic nitrogens is 3. The van der Waals surface area contributed by atoms with Crippen LogP contribution >= 0.6 is 0 Å². The molecule has 0 radical (unpaired) electrons. The molecule has 0 aliphatic carbocycles. The van der Waals surface area contributed by atoms with Crippen molar-refractivity contribution >= 4 is 34.0 Å². The monoisotopic (exact) mass is 781 g/mol. The molecule has 302 valence electrons. The van der Waals surface area contributed by atoms with Crippen molar-refractivity contribution in [1.29, 1.82) is 0 Å². The molecular formula is C46H55N9O3. The molecule has 2 aromatic heterocycles. The van der Waals surface area contributed by atoms with Gasteiger partial charge in [0.1, 0.15) is 11.9 Å². The second kappa shape index (κ2) is 16.4. The Bertz CT molecular complexity index is 2290. The Morgan fingerprint density at radius 2 is 1.76 bits per heavy atom. The SMILES string of the molecule is Cc1cc(C(=O)N2CCC(CN3CCC(n4ccc5c(N6C=CCNC6)cccc54)CC3)CC2)ccc1[C@H]1CN(c2cc(-c3ccccc3O)nnc2N)C[C@@H](C)O1. The molecule has 12 heteroatoms. The number of nitrogens with two attached hydrogens (primary N) is 1. The molecule has 58 heavy (non-hydrogen) atoms. The van der Waals surface area contributed by atoms with Crippen LogP contribution in [0.3, 0.4) is 0 Å². The summed E-state index contributed by atoms with van der Waals surface area (Å²) in [6, 6.07) is 24.5. The maximum atomic E-state index is 13.8. The smallest absolute Gasteiger partial charge is 0.253 e. The second-order valence-electron chi connectivity index (χ2n) is 16.6. The van der Waals surface area contributed by atoms with E-state index in [1.54, 1.807) is 12.1 Å². The van der Waals surface area contributed by atoms with Crippen molar-refractivity contribution in [2.24, 2.45) is 5.92 Å². The number of aromatic hydroxyl groups is 1. The summed E-state index contributed by atoms with van der Waals surface area (Å²) in [6.45, 7) is 12.0. The number of ether oxygens (including phenoxy) is 1. The number of nitrogen functional groups attached to an aromatic ring is 1. The number of para-hydroxylation sites is 1. The number of phenolic OH excluding ortho intramolecular Hbond substituents is 1. The number of benzene rings is 3. The molecule has 4 aliphatic heterocycles. The molecule has 1 amide bonds. The van der Waals surface area contributed by atoms with E-state index in [1.807, 2.05) is 35.2 Å². The first kappa shape index (κ1) is 38.1. The highest BCUT2D eigenvalue weighted by Crippen LogP contribution is 2.37. The van der Waals surface area contributed by atoms with Gasteiger partial charge in [0.25, 0.3) is 5.91 Å². The Kier molecular flexibility index (Phi) is 10.8. The minimum Gasteiger partial charge on any atom is -0.507 e. The van der Waals surface area contributed by atoms with Crippen molar-refractivity contribution in [2.45, 2.75) is 57.8 Å². The predicted octanol–water partition coefficient (Wildman–Crippen LogP) is 6.73. The van der Waals surface area contributed by atoms with E-state index in [0.717, 1.165) is 94.0 Å². The van der Waals surface area contributed by atoms with Crippen LogP contribution in [0.1, 0.15) is 66.2 Å². The fourth-order valence-corrected chi connectivity index (χ4v) is 9.61. The lowest BCUT2D eigenvalue weighted by atomic mass is 9.93. The number of fused-ring (bicyclic) bond motifs is 1. The third-order valence-corrected chi connectivity index (χ3v) is 12.7. The highest BCUT2D eigenvalue weighted by Gasteiger charge is 2.31. The highest BCUT2D eigenvalue weighted by molar-refractivity contribution is 5.95. The number of hydrogen-bond donors (Lipinski definition) is 3. The summed E-state index contributed by atoms with van der Waals surface area (Å²) in [5.74, 6) is 1.19. The summed E-state index contributed by atoms with van der Waals surface area (Å²) >= 11 is 0. The van der Waals surface area contributed by atoms with Crippen LogP contribution in [0.25, 0.3) is 22.2 Å². The largest absolute Gasteiger partial charge is 0.507 e. The van der Waals surface area contributed by atoms with Crippen LogP contribution in [0.5, 0.6) is 5.75 Å². The van der Waals surface area contributed by atoms with E-state index in [0.29, 0.717) is 42.1 Å². The lowest BCUT2D eigenvalue weighted by Crippen LogP contribution is -2.44. The number of nitrogens with zero attached hydrogens (tertiary/aromatic N) is 7. The molecular weight excluding hydrogens is 727 g/mol. The van der Waals surface area contributed by atoms with Gasteiger partial charge < -0.3 is 39.7 Å². The summed E-state index contributed by atoms with van der Waals surface area (Å²) in [6.07, 6.45) is 10.8. The Morgan fingerprint density at radius 3 is 2.53 bits per heavy atom. The number of carbonyl (C=O) groups excluding carboxylic acids is 1. The quantitative estimate of drug-likeness (QED) is 0.156. The van der Waals surface area contributed by atoms with Gasteiger partial charge in [0.15, 0.2) is 5.82 Å². The van der Waals surface area contributed by atoms with Crippen LogP contribution in [-0.2, 0) is 4.74 Å². The molecule has 9 rings (SSSR count). The van der Waals surface area contributed by atoms with E-state index >= 15 is 0 Å². The Balaban J connectivity index is 0.782. The van der Waals surface area contributed by atoms with Crippen LogP contribution in [0, 0.1) is 12.8 Å². The summed E-state index contributed by atoms with van der Waals surface area (Å²) < 4.78 is 8.98. The number of amides is 1. The Hall–Kier alpha value is -5.43. The average molecular weight is 782 g/mol. The molecule has 0 unspecified atom stereocenters. The first-order valence-corrected chi connectivity index (χ1v) is 21.0. The lowest BCUT2D eigenvalue weighted by Gasteiger charge is -2.39. The number of likely N-dealkylation sites (tertiary alicyclic amines) is 2. The number of hydrogen-bond acceptors (Lipinski definition) is 10. The van der Waals surface area contributed by atoms with Crippen molar-refractivity contribution in [3.8, 4) is 17.0 Å².